The molecule has 0 bridgehead atoms. The van der Waals surface area contributed by atoms with Crippen LogP contribution in [-0.2, 0) is 12.2 Å². The molecule has 4 nitrogen and oxygen atoms in total. The molecule has 0 aliphatic heterocycles. The first kappa shape index (κ1) is 15.1. The minimum absolute atomic E-state index is 0.587. The maximum Gasteiger partial charge on any atom is 0.257 e. The van der Waals surface area contributed by atoms with Crippen molar-refractivity contribution < 1.29 is 4.52 Å². The standard InChI is InChI=1S/C15H21N3OS/c1-3-11(2)20-10-14-17-15(19-18-14)13-6-4-12(5-7-13)8-9-16/h4-7,11H,3,8-10,16H2,1-2H3. The number of nitrogens with two attached hydrogens (primary N) is 1. The average molecular weight is 291 g/mol. The van der Waals surface area contributed by atoms with Crippen LogP contribution in [0.2, 0.25) is 0 Å². The van der Waals surface area contributed by atoms with Crippen LogP contribution in [0.25, 0.3) is 11.5 Å². The van der Waals surface area contributed by atoms with E-state index >= 15 is 0 Å². The molecule has 1 atom stereocenters. The second-order valence-corrected chi connectivity index (χ2v) is 6.21. The van der Waals surface area contributed by atoms with E-state index in [-0.39, 0.29) is 0 Å². The van der Waals surface area contributed by atoms with Crippen LogP contribution in [0, 0.1) is 0 Å². The van der Waals surface area contributed by atoms with Gasteiger partial charge in [-0.25, -0.2) is 0 Å². The minimum atomic E-state index is 0.587. The van der Waals surface area contributed by atoms with Crippen molar-refractivity contribution >= 4 is 11.8 Å². The van der Waals surface area contributed by atoms with Crippen LogP contribution in [0.3, 0.4) is 0 Å². The highest BCUT2D eigenvalue weighted by atomic mass is 32.2. The number of benzene rings is 1. The average Bonchev–Trinajstić information content (AvgIpc) is 2.95. The van der Waals surface area contributed by atoms with Gasteiger partial charge in [-0.1, -0.05) is 31.1 Å². The highest BCUT2D eigenvalue weighted by Gasteiger charge is 2.10. The molecule has 1 aromatic carbocycles. The molecule has 0 saturated carbocycles. The lowest BCUT2D eigenvalue weighted by Gasteiger charge is -2.04. The molecule has 5 heteroatoms. The monoisotopic (exact) mass is 291 g/mol. The Hall–Kier alpha value is -1.33. The fourth-order valence-electron chi connectivity index (χ4n) is 1.75. The molecule has 0 radical (unpaired) electrons. The Morgan fingerprint density at radius 1 is 1.30 bits per heavy atom. The van der Waals surface area contributed by atoms with Crippen LogP contribution in [0.4, 0.5) is 0 Å². The van der Waals surface area contributed by atoms with Gasteiger partial charge in [-0.05, 0) is 37.1 Å². The van der Waals surface area contributed by atoms with Crippen molar-refractivity contribution in [1.29, 1.82) is 0 Å². The summed E-state index contributed by atoms with van der Waals surface area (Å²) in [6, 6.07) is 8.12. The molecule has 108 valence electrons. The highest BCUT2D eigenvalue weighted by Crippen LogP contribution is 2.22. The number of thioether (sulfide) groups is 1. The molecule has 0 aliphatic rings. The van der Waals surface area contributed by atoms with Crippen LogP contribution >= 0.6 is 11.8 Å². The van der Waals surface area contributed by atoms with Gasteiger partial charge in [0.15, 0.2) is 5.82 Å². The fraction of sp³-hybridized carbons (Fsp3) is 0.467. The van der Waals surface area contributed by atoms with Crippen LogP contribution in [0.1, 0.15) is 31.7 Å². The van der Waals surface area contributed by atoms with Gasteiger partial charge < -0.3 is 10.3 Å². The Morgan fingerprint density at radius 3 is 2.70 bits per heavy atom. The third kappa shape index (κ3) is 4.08. The van der Waals surface area contributed by atoms with Crippen LogP contribution < -0.4 is 5.73 Å². The van der Waals surface area contributed by atoms with Crippen LogP contribution in [-0.4, -0.2) is 21.9 Å². The zero-order valence-corrected chi connectivity index (χ0v) is 12.8. The van der Waals surface area contributed by atoms with E-state index < -0.39 is 0 Å². The van der Waals surface area contributed by atoms with Gasteiger partial charge in [0.2, 0.25) is 0 Å². The summed E-state index contributed by atoms with van der Waals surface area (Å²) in [7, 11) is 0. The minimum Gasteiger partial charge on any atom is -0.334 e. The number of aromatic nitrogens is 2. The Bertz CT molecular complexity index is 524. The Balaban J connectivity index is 2.00. The predicted molar refractivity (Wildman–Crippen MR) is 83.5 cm³/mol. The van der Waals surface area contributed by atoms with Gasteiger partial charge in [0.1, 0.15) is 0 Å². The lowest BCUT2D eigenvalue weighted by atomic mass is 10.1. The van der Waals surface area contributed by atoms with Crippen molar-refractivity contribution in [2.45, 2.75) is 37.7 Å². The first-order chi connectivity index (χ1) is 9.72. The predicted octanol–water partition coefficient (Wildman–Crippen LogP) is 3.27. The Morgan fingerprint density at radius 2 is 2.05 bits per heavy atom. The van der Waals surface area contributed by atoms with E-state index in [1.807, 2.05) is 23.9 Å². The third-order valence-electron chi connectivity index (χ3n) is 3.17. The van der Waals surface area contributed by atoms with Gasteiger partial charge in [-0.2, -0.15) is 16.7 Å². The van der Waals surface area contributed by atoms with E-state index in [4.69, 9.17) is 10.3 Å². The van der Waals surface area contributed by atoms with E-state index in [9.17, 15) is 0 Å². The Kier molecular flexibility index (Phi) is 5.61. The number of nitrogens with zero attached hydrogens (tertiary/aromatic N) is 2. The van der Waals surface area contributed by atoms with Crippen LogP contribution in [0.15, 0.2) is 28.8 Å². The summed E-state index contributed by atoms with van der Waals surface area (Å²) in [5, 5.41) is 4.65. The molecule has 2 N–H and O–H groups in total. The molecule has 2 aromatic rings. The van der Waals surface area contributed by atoms with E-state index in [1.165, 1.54) is 5.56 Å². The molecule has 2 rings (SSSR count). The first-order valence-corrected chi connectivity index (χ1v) is 8.01. The molecule has 0 saturated heterocycles. The second kappa shape index (κ2) is 7.45. The largest absolute Gasteiger partial charge is 0.334 e. The van der Waals surface area contributed by atoms with Crippen molar-refractivity contribution in [2.24, 2.45) is 5.73 Å². The normalized spacial score (nSPS) is 12.6. The van der Waals surface area contributed by atoms with E-state index in [0.717, 1.165) is 30.0 Å². The summed E-state index contributed by atoms with van der Waals surface area (Å²) < 4.78 is 5.32. The summed E-state index contributed by atoms with van der Waals surface area (Å²) in [5.41, 5.74) is 7.72. The summed E-state index contributed by atoms with van der Waals surface area (Å²) >= 11 is 1.85. The van der Waals surface area contributed by atoms with Crippen molar-refractivity contribution in [3.05, 3.63) is 35.7 Å². The van der Waals surface area contributed by atoms with Crippen molar-refractivity contribution in [3.8, 4) is 11.5 Å². The van der Waals surface area contributed by atoms with E-state index in [0.29, 0.717) is 17.7 Å². The van der Waals surface area contributed by atoms with Gasteiger partial charge in [0.05, 0.1) is 5.75 Å². The lowest BCUT2D eigenvalue weighted by molar-refractivity contribution is 0.425. The Labute approximate surface area is 124 Å². The van der Waals surface area contributed by atoms with Gasteiger partial charge in [-0.3, -0.25) is 0 Å². The summed E-state index contributed by atoms with van der Waals surface area (Å²) in [6.45, 7) is 5.06. The molecular weight excluding hydrogens is 270 g/mol. The maximum absolute atomic E-state index is 5.54. The SMILES string of the molecule is CCC(C)SCc1noc(-c2ccc(CCN)cc2)n1. The number of rotatable bonds is 7. The van der Waals surface area contributed by atoms with E-state index in [2.05, 4.69) is 36.1 Å². The fourth-order valence-corrected chi connectivity index (χ4v) is 2.53. The number of hydrogen-bond acceptors (Lipinski definition) is 5. The second-order valence-electron chi connectivity index (χ2n) is 4.78. The smallest absolute Gasteiger partial charge is 0.257 e. The van der Waals surface area contributed by atoms with Gasteiger partial charge >= 0.3 is 0 Å². The zero-order chi connectivity index (χ0) is 14.4. The van der Waals surface area contributed by atoms with Crippen LogP contribution in [0.5, 0.6) is 0 Å². The quantitative estimate of drug-likeness (QED) is 0.848. The first-order valence-electron chi connectivity index (χ1n) is 6.96. The maximum atomic E-state index is 5.54. The lowest BCUT2D eigenvalue weighted by Crippen LogP contribution is -2.02. The topological polar surface area (TPSA) is 64.9 Å². The van der Waals surface area contributed by atoms with Gasteiger partial charge in [-0.15, -0.1) is 0 Å². The molecule has 0 spiro atoms. The summed E-state index contributed by atoms with van der Waals surface area (Å²) in [6.07, 6.45) is 2.04. The number of hydrogen-bond donors (Lipinski definition) is 1. The van der Waals surface area contributed by atoms with Crippen molar-refractivity contribution in [3.63, 3.8) is 0 Å². The van der Waals surface area contributed by atoms with Gasteiger partial charge in [0, 0.05) is 10.8 Å². The van der Waals surface area contributed by atoms with Gasteiger partial charge in [0.25, 0.3) is 5.89 Å². The molecule has 0 amide bonds. The highest BCUT2D eigenvalue weighted by molar-refractivity contribution is 7.99. The zero-order valence-electron chi connectivity index (χ0n) is 12.0. The third-order valence-corrected chi connectivity index (χ3v) is 4.50. The molecular formula is C15H21N3OS. The summed E-state index contributed by atoms with van der Waals surface area (Å²) in [5.74, 6) is 2.14. The van der Waals surface area contributed by atoms with Crippen molar-refractivity contribution in [1.82, 2.24) is 10.1 Å². The van der Waals surface area contributed by atoms with E-state index in [1.54, 1.807) is 0 Å². The molecule has 0 aliphatic carbocycles. The summed E-state index contributed by atoms with van der Waals surface area (Å²) in [4.78, 5) is 4.44. The molecule has 0 fully saturated rings. The molecule has 20 heavy (non-hydrogen) atoms. The molecule has 1 unspecified atom stereocenters. The molecule has 1 aromatic heterocycles. The van der Waals surface area contributed by atoms with Crippen molar-refractivity contribution in [2.75, 3.05) is 6.54 Å². The molecule has 1 heterocycles.